The quantitative estimate of drug-likeness (QED) is 0.717. The van der Waals surface area contributed by atoms with Gasteiger partial charge >= 0.3 is 0 Å². The average Bonchev–Trinajstić information content (AvgIpc) is 3.12. The summed E-state index contributed by atoms with van der Waals surface area (Å²) < 4.78 is 10.2. The molecular formula is C18H22N6O. The number of aryl methyl sites for hydroxylation is 1. The molecule has 1 aliphatic heterocycles. The summed E-state index contributed by atoms with van der Waals surface area (Å²) in [6.45, 7) is 4.55. The highest BCUT2D eigenvalue weighted by Gasteiger charge is 2.43. The highest BCUT2D eigenvalue weighted by atomic mass is 16.5. The Balaban J connectivity index is 1.55. The van der Waals surface area contributed by atoms with Crippen LogP contribution >= 0.6 is 0 Å². The third-order valence-electron chi connectivity index (χ3n) is 5.56. The Kier molecular flexibility index (Phi) is 3.15. The van der Waals surface area contributed by atoms with E-state index in [2.05, 4.69) is 29.0 Å². The molecule has 0 N–H and O–H groups in total. The normalized spacial score (nSPS) is 19.5. The van der Waals surface area contributed by atoms with Gasteiger partial charge in [-0.1, -0.05) is 6.07 Å². The zero-order valence-corrected chi connectivity index (χ0v) is 14.6. The largest absolute Gasteiger partial charge is 0.371 e. The number of pyridine rings is 1. The van der Waals surface area contributed by atoms with Crippen LogP contribution in [0.3, 0.4) is 0 Å². The first-order valence-electron chi connectivity index (χ1n) is 8.89. The summed E-state index contributed by atoms with van der Waals surface area (Å²) in [5.41, 5.74) is 2.94. The molecule has 0 unspecified atom stereocenters. The van der Waals surface area contributed by atoms with Gasteiger partial charge in [0.1, 0.15) is 11.3 Å². The molecule has 7 heteroatoms. The van der Waals surface area contributed by atoms with Crippen molar-refractivity contribution in [2.75, 3.05) is 24.6 Å². The number of anilines is 1. The van der Waals surface area contributed by atoms with Crippen LogP contribution in [0.25, 0.3) is 17.2 Å². The highest BCUT2D eigenvalue weighted by Crippen LogP contribution is 2.39. The van der Waals surface area contributed by atoms with E-state index in [0.29, 0.717) is 0 Å². The molecule has 1 saturated heterocycles. The lowest BCUT2D eigenvalue weighted by molar-refractivity contribution is -0.107. The van der Waals surface area contributed by atoms with Crippen LogP contribution in [-0.2, 0) is 11.8 Å². The molecule has 4 heterocycles. The number of aromatic nitrogens is 5. The molecule has 2 aliphatic rings. The van der Waals surface area contributed by atoms with E-state index in [4.69, 9.17) is 4.74 Å². The van der Waals surface area contributed by atoms with E-state index < -0.39 is 0 Å². The molecule has 0 amide bonds. The third kappa shape index (κ3) is 2.18. The molecule has 3 aromatic heterocycles. The maximum absolute atomic E-state index is 6.04. The van der Waals surface area contributed by atoms with Gasteiger partial charge in [-0.15, -0.1) is 10.2 Å². The summed E-state index contributed by atoms with van der Waals surface area (Å²) in [6, 6.07) is 6.02. The van der Waals surface area contributed by atoms with Crippen molar-refractivity contribution >= 4 is 11.6 Å². The minimum atomic E-state index is 0.0452. The number of morpholine rings is 1. The van der Waals surface area contributed by atoms with Gasteiger partial charge in [0.05, 0.1) is 17.9 Å². The molecule has 0 radical (unpaired) electrons. The third-order valence-corrected chi connectivity index (χ3v) is 5.56. The van der Waals surface area contributed by atoms with Crippen LogP contribution in [0.1, 0.15) is 25.0 Å². The van der Waals surface area contributed by atoms with E-state index >= 15 is 0 Å². The van der Waals surface area contributed by atoms with Gasteiger partial charge in [0.25, 0.3) is 0 Å². The van der Waals surface area contributed by atoms with Crippen molar-refractivity contribution in [2.45, 2.75) is 31.8 Å². The van der Waals surface area contributed by atoms with Crippen LogP contribution in [0.2, 0.25) is 0 Å². The van der Waals surface area contributed by atoms with Crippen LogP contribution in [0, 0.1) is 6.92 Å². The topological polar surface area (TPSA) is 60.5 Å². The lowest BCUT2D eigenvalue weighted by Crippen LogP contribution is -2.56. The molecule has 3 aromatic rings. The maximum Gasteiger partial charge on any atom is 0.227 e. The van der Waals surface area contributed by atoms with Gasteiger partial charge in [0, 0.05) is 26.3 Å². The van der Waals surface area contributed by atoms with Crippen LogP contribution in [0.4, 0.5) is 5.95 Å². The zero-order chi connectivity index (χ0) is 17.0. The molecule has 1 spiro atoms. The van der Waals surface area contributed by atoms with Gasteiger partial charge in [-0.2, -0.15) is 0 Å². The number of rotatable bonds is 2. The van der Waals surface area contributed by atoms with Gasteiger partial charge in [-0.25, -0.2) is 4.98 Å². The number of ether oxygens (including phenoxy) is 1. The second-order valence-electron chi connectivity index (χ2n) is 7.16. The highest BCUT2D eigenvalue weighted by molar-refractivity contribution is 5.62. The van der Waals surface area contributed by atoms with E-state index in [-0.39, 0.29) is 5.60 Å². The van der Waals surface area contributed by atoms with Crippen LogP contribution in [-0.4, -0.2) is 49.4 Å². The summed E-state index contributed by atoms with van der Waals surface area (Å²) >= 11 is 0. The van der Waals surface area contributed by atoms with Crippen molar-refractivity contribution in [3.8, 4) is 11.5 Å². The molecule has 25 heavy (non-hydrogen) atoms. The van der Waals surface area contributed by atoms with Crippen molar-refractivity contribution in [3.63, 3.8) is 0 Å². The smallest absolute Gasteiger partial charge is 0.227 e. The second kappa shape index (κ2) is 5.29. The first kappa shape index (κ1) is 14.9. The standard InChI is InChI=1S/C18H22N6O/c1-13-15(24-9-4-3-6-14(24)19-13)16-20-21-17(22(16)2)23-10-11-25-18(12-23)7-5-8-18/h3-4,6,9H,5,7-8,10-12H2,1-2H3. The molecule has 1 aliphatic carbocycles. The number of hydrogen-bond donors (Lipinski definition) is 0. The fourth-order valence-electron chi connectivity index (χ4n) is 4.07. The minimum absolute atomic E-state index is 0.0452. The van der Waals surface area contributed by atoms with Crippen LogP contribution in [0.5, 0.6) is 0 Å². The molecule has 0 atom stereocenters. The summed E-state index contributed by atoms with van der Waals surface area (Å²) in [7, 11) is 2.04. The van der Waals surface area contributed by atoms with Crippen molar-refractivity contribution in [1.29, 1.82) is 0 Å². The van der Waals surface area contributed by atoms with Crippen molar-refractivity contribution in [3.05, 3.63) is 30.1 Å². The molecule has 7 nitrogen and oxygen atoms in total. The Morgan fingerprint density at radius 3 is 2.88 bits per heavy atom. The molecule has 2 fully saturated rings. The molecule has 5 rings (SSSR count). The van der Waals surface area contributed by atoms with Crippen molar-refractivity contribution in [1.82, 2.24) is 24.1 Å². The Labute approximate surface area is 146 Å². The molecular weight excluding hydrogens is 316 g/mol. The predicted octanol–water partition coefficient (Wildman–Crippen LogP) is 2.20. The molecule has 0 aromatic carbocycles. The SMILES string of the molecule is Cc1nc2ccccn2c1-c1nnc(N2CCOC3(CCC3)C2)n1C. The molecule has 0 bridgehead atoms. The lowest BCUT2D eigenvalue weighted by atomic mass is 9.79. The van der Waals surface area contributed by atoms with E-state index in [0.717, 1.165) is 61.3 Å². The van der Waals surface area contributed by atoms with Gasteiger partial charge in [-0.05, 0) is 38.3 Å². The Morgan fingerprint density at radius 1 is 1.20 bits per heavy atom. The van der Waals surface area contributed by atoms with Crippen molar-refractivity contribution < 1.29 is 4.74 Å². The summed E-state index contributed by atoms with van der Waals surface area (Å²) in [6.07, 6.45) is 5.59. The fraction of sp³-hybridized carbons (Fsp3) is 0.500. The van der Waals surface area contributed by atoms with Crippen molar-refractivity contribution in [2.24, 2.45) is 7.05 Å². The molecule has 130 valence electrons. The van der Waals surface area contributed by atoms with E-state index in [1.807, 2.05) is 38.4 Å². The summed E-state index contributed by atoms with van der Waals surface area (Å²) in [5, 5.41) is 9.02. The number of hydrogen-bond acceptors (Lipinski definition) is 5. The maximum atomic E-state index is 6.04. The number of nitrogens with zero attached hydrogens (tertiary/aromatic N) is 6. The fourth-order valence-corrected chi connectivity index (χ4v) is 4.07. The monoisotopic (exact) mass is 338 g/mol. The zero-order valence-electron chi connectivity index (χ0n) is 14.6. The first-order chi connectivity index (χ1) is 12.2. The van der Waals surface area contributed by atoms with Crippen LogP contribution in [0.15, 0.2) is 24.4 Å². The number of imidazole rings is 1. The Hall–Kier alpha value is -2.41. The second-order valence-corrected chi connectivity index (χ2v) is 7.16. The van der Waals surface area contributed by atoms with E-state index in [1.165, 1.54) is 6.42 Å². The first-order valence-corrected chi connectivity index (χ1v) is 8.89. The van der Waals surface area contributed by atoms with Gasteiger partial charge < -0.3 is 9.64 Å². The van der Waals surface area contributed by atoms with Gasteiger partial charge in [-0.3, -0.25) is 8.97 Å². The Morgan fingerprint density at radius 2 is 2.08 bits per heavy atom. The average molecular weight is 338 g/mol. The van der Waals surface area contributed by atoms with Gasteiger partial charge in [0.2, 0.25) is 5.95 Å². The van der Waals surface area contributed by atoms with Gasteiger partial charge in [0.15, 0.2) is 5.82 Å². The molecule has 1 saturated carbocycles. The minimum Gasteiger partial charge on any atom is -0.371 e. The van der Waals surface area contributed by atoms with Crippen LogP contribution < -0.4 is 4.90 Å². The Bertz CT molecular complexity index is 938. The predicted molar refractivity (Wildman–Crippen MR) is 94.7 cm³/mol. The lowest BCUT2D eigenvalue weighted by Gasteiger charge is -2.48. The van der Waals surface area contributed by atoms with E-state index in [1.54, 1.807) is 0 Å². The summed E-state index contributed by atoms with van der Waals surface area (Å²) in [4.78, 5) is 6.96. The van der Waals surface area contributed by atoms with E-state index in [9.17, 15) is 0 Å². The summed E-state index contributed by atoms with van der Waals surface area (Å²) in [5.74, 6) is 1.76. The number of fused-ring (bicyclic) bond motifs is 1.